The van der Waals surface area contributed by atoms with E-state index < -0.39 is 11.6 Å². The van der Waals surface area contributed by atoms with E-state index in [0.29, 0.717) is 17.9 Å². The molecule has 0 atom stereocenters. The first-order valence-electron chi connectivity index (χ1n) is 8.27. The van der Waals surface area contributed by atoms with Gasteiger partial charge in [0.05, 0.1) is 6.42 Å². The maximum Gasteiger partial charge on any atom is 0.224 e. The summed E-state index contributed by atoms with van der Waals surface area (Å²) in [6.07, 6.45) is 1.40. The van der Waals surface area contributed by atoms with Crippen LogP contribution in [0.25, 0.3) is 0 Å². The van der Waals surface area contributed by atoms with Gasteiger partial charge in [-0.05, 0) is 37.5 Å². The molecule has 134 valence electrons. The highest BCUT2D eigenvalue weighted by Crippen LogP contribution is 2.36. The third-order valence-electron chi connectivity index (χ3n) is 4.47. The molecule has 0 saturated heterocycles. The molecule has 1 aromatic heterocycles. The lowest BCUT2D eigenvalue weighted by molar-refractivity contribution is -0.121. The van der Waals surface area contributed by atoms with Crippen LogP contribution in [-0.4, -0.2) is 31.8 Å². The van der Waals surface area contributed by atoms with Crippen molar-refractivity contribution < 1.29 is 18.7 Å². The van der Waals surface area contributed by atoms with Gasteiger partial charge in [0.25, 0.3) is 0 Å². The molecule has 6 nitrogen and oxygen atoms in total. The molecule has 1 saturated carbocycles. The van der Waals surface area contributed by atoms with Gasteiger partial charge in [0.2, 0.25) is 5.91 Å². The molecule has 2 N–H and O–H groups in total. The van der Waals surface area contributed by atoms with Gasteiger partial charge in [-0.3, -0.25) is 4.79 Å². The number of aliphatic hydroxyl groups is 1. The van der Waals surface area contributed by atoms with Gasteiger partial charge >= 0.3 is 0 Å². The van der Waals surface area contributed by atoms with Crippen LogP contribution in [0.15, 0.2) is 18.2 Å². The average Bonchev–Trinajstić information content (AvgIpc) is 2.91. The summed E-state index contributed by atoms with van der Waals surface area (Å²) in [5.74, 6) is -0.0938. The van der Waals surface area contributed by atoms with Crippen molar-refractivity contribution >= 4 is 5.91 Å². The van der Waals surface area contributed by atoms with Crippen LogP contribution in [-0.2, 0) is 24.4 Å². The fourth-order valence-electron chi connectivity index (χ4n) is 3.24. The summed E-state index contributed by atoms with van der Waals surface area (Å²) in [6, 6.07) is 3.11. The Labute approximate surface area is 143 Å². The molecule has 0 unspecified atom stereocenters. The van der Waals surface area contributed by atoms with Gasteiger partial charge in [-0.25, -0.2) is 8.78 Å². The Kier molecular flexibility index (Phi) is 5.08. The topological polar surface area (TPSA) is 80.0 Å². The molecule has 25 heavy (non-hydrogen) atoms. The van der Waals surface area contributed by atoms with E-state index in [1.807, 2.05) is 11.5 Å². The highest BCUT2D eigenvalue weighted by molar-refractivity contribution is 5.79. The SMILES string of the molecule is CCn1c(CO)nnc1C1CC(NC(=O)Cc2cc(F)cc(F)c2)C1. The molecule has 1 fully saturated rings. The molecular weight excluding hydrogens is 330 g/mol. The zero-order valence-electron chi connectivity index (χ0n) is 13.9. The number of nitrogens with zero attached hydrogens (tertiary/aromatic N) is 3. The van der Waals surface area contributed by atoms with Crippen LogP contribution in [0.2, 0.25) is 0 Å². The maximum absolute atomic E-state index is 13.2. The molecule has 1 aliphatic carbocycles. The smallest absolute Gasteiger partial charge is 0.224 e. The molecular formula is C17H20F2N4O2. The van der Waals surface area contributed by atoms with E-state index in [9.17, 15) is 18.7 Å². The molecule has 3 rings (SSSR count). The molecule has 0 bridgehead atoms. The number of aromatic nitrogens is 3. The van der Waals surface area contributed by atoms with Gasteiger partial charge in [-0.2, -0.15) is 0 Å². The van der Waals surface area contributed by atoms with Crippen molar-refractivity contribution in [3.05, 3.63) is 47.0 Å². The first-order chi connectivity index (χ1) is 12.0. The summed E-state index contributed by atoms with van der Waals surface area (Å²) < 4.78 is 28.2. The molecule has 0 aliphatic heterocycles. The predicted molar refractivity (Wildman–Crippen MR) is 85.6 cm³/mol. The summed E-state index contributed by atoms with van der Waals surface area (Å²) >= 11 is 0. The van der Waals surface area contributed by atoms with Crippen LogP contribution in [0.3, 0.4) is 0 Å². The van der Waals surface area contributed by atoms with Crippen molar-refractivity contribution in [2.45, 2.75) is 51.3 Å². The van der Waals surface area contributed by atoms with Crippen molar-refractivity contribution in [2.24, 2.45) is 0 Å². The second-order valence-corrected chi connectivity index (χ2v) is 6.26. The normalized spacial score (nSPS) is 19.5. The van der Waals surface area contributed by atoms with Crippen molar-refractivity contribution in [3.63, 3.8) is 0 Å². The zero-order valence-corrected chi connectivity index (χ0v) is 13.9. The number of halogens is 2. The van der Waals surface area contributed by atoms with Crippen molar-refractivity contribution in [1.29, 1.82) is 0 Å². The highest BCUT2D eigenvalue weighted by Gasteiger charge is 2.35. The molecule has 1 amide bonds. The Morgan fingerprint density at radius 3 is 2.56 bits per heavy atom. The Morgan fingerprint density at radius 1 is 1.28 bits per heavy atom. The largest absolute Gasteiger partial charge is 0.388 e. The molecule has 0 radical (unpaired) electrons. The van der Waals surface area contributed by atoms with E-state index in [0.717, 1.165) is 36.9 Å². The fourth-order valence-corrected chi connectivity index (χ4v) is 3.24. The lowest BCUT2D eigenvalue weighted by atomic mass is 9.79. The second-order valence-electron chi connectivity index (χ2n) is 6.26. The van der Waals surface area contributed by atoms with Crippen molar-refractivity contribution in [2.75, 3.05) is 0 Å². The minimum absolute atomic E-state index is 0.00971. The van der Waals surface area contributed by atoms with E-state index in [1.54, 1.807) is 0 Å². The maximum atomic E-state index is 13.2. The van der Waals surface area contributed by atoms with Crippen LogP contribution in [0.1, 0.15) is 42.9 Å². The number of carbonyl (C=O) groups is 1. The van der Waals surface area contributed by atoms with E-state index in [1.165, 1.54) is 0 Å². The van der Waals surface area contributed by atoms with Crippen LogP contribution in [0, 0.1) is 11.6 Å². The molecule has 8 heteroatoms. The standard InChI is InChI=1S/C17H20F2N4O2/c1-2-23-15(9-24)21-22-17(23)11-6-14(7-11)20-16(25)5-10-3-12(18)8-13(19)4-10/h3-4,8,11,14,24H,2,5-7,9H2,1H3,(H,20,25). The number of hydrogen-bond acceptors (Lipinski definition) is 4. The Balaban J connectivity index is 1.53. The summed E-state index contributed by atoms with van der Waals surface area (Å²) in [4.78, 5) is 12.0. The number of aliphatic hydroxyl groups excluding tert-OH is 1. The Bertz CT molecular complexity index is 752. The lowest BCUT2D eigenvalue weighted by Crippen LogP contribution is -2.44. The Hall–Kier alpha value is -2.35. The third kappa shape index (κ3) is 3.84. The quantitative estimate of drug-likeness (QED) is 0.831. The van der Waals surface area contributed by atoms with Crippen LogP contribution in [0.4, 0.5) is 8.78 Å². The monoisotopic (exact) mass is 350 g/mol. The van der Waals surface area contributed by atoms with Gasteiger partial charge in [0.15, 0.2) is 5.82 Å². The number of nitrogens with one attached hydrogen (secondary N) is 1. The molecule has 2 aromatic rings. The summed E-state index contributed by atoms with van der Waals surface area (Å²) in [7, 11) is 0. The van der Waals surface area contributed by atoms with E-state index in [4.69, 9.17) is 0 Å². The van der Waals surface area contributed by atoms with Crippen LogP contribution in [0.5, 0.6) is 0 Å². The van der Waals surface area contributed by atoms with Crippen LogP contribution >= 0.6 is 0 Å². The summed E-state index contributed by atoms with van der Waals surface area (Å²) in [5.41, 5.74) is 0.309. The summed E-state index contributed by atoms with van der Waals surface area (Å²) in [6.45, 7) is 2.48. The van der Waals surface area contributed by atoms with E-state index in [2.05, 4.69) is 15.5 Å². The minimum atomic E-state index is -0.690. The van der Waals surface area contributed by atoms with Crippen molar-refractivity contribution in [3.8, 4) is 0 Å². The Morgan fingerprint density at radius 2 is 1.96 bits per heavy atom. The first kappa shape index (κ1) is 17.5. The number of carbonyl (C=O) groups excluding carboxylic acids is 1. The van der Waals surface area contributed by atoms with Crippen LogP contribution < -0.4 is 5.32 Å². The molecule has 1 aliphatic rings. The number of amides is 1. The van der Waals surface area contributed by atoms with Gasteiger partial charge in [-0.15, -0.1) is 10.2 Å². The second kappa shape index (κ2) is 7.26. The number of rotatable bonds is 6. The lowest BCUT2D eigenvalue weighted by Gasteiger charge is -2.35. The molecule has 1 heterocycles. The molecule has 1 aromatic carbocycles. The first-order valence-corrected chi connectivity index (χ1v) is 8.27. The van der Waals surface area contributed by atoms with Gasteiger partial charge in [-0.1, -0.05) is 0 Å². The number of benzene rings is 1. The fraction of sp³-hybridized carbons (Fsp3) is 0.471. The van der Waals surface area contributed by atoms with E-state index >= 15 is 0 Å². The van der Waals surface area contributed by atoms with E-state index in [-0.39, 0.29) is 30.9 Å². The minimum Gasteiger partial charge on any atom is -0.388 e. The predicted octanol–water partition coefficient (Wildman–Crippen LogP) is 1.67. The van der Waals surface area contributed by atoms with Crippen molar-refractivity contribution in [1.82, 2.24) is 20.1 Å². The summed E-state index contributed by atoms with van der Waals surface area (Å²) in [5, 5.41) is 20.2. The average molecular weight is 350 g/mol. The zero-order chi connectivity index (χ0) is 18.0. The highest BCUT2D eigenvalue weighted by atomic mass is 19.1. The van der Waals surface area contributed by atoms with Gasteiger partial charge < -0.3 is 15.0 Å². The molecule has 0 spiro atoms. The van der Waals surface area contributed by atoms with Gasteiger partial charge in [0, 0.05) is 24.6 Å². The third-order valence-corrected chi connectivity index (χ3v) is 4.47. The number of hydrogen-bond donors (Lipinski definition) is 2. The van der Waals surface area contributed by atoms with Gasteiger partial charge in [0.1, 0.15) is 24.1 Å².